The molecule has 4 aromatic carbocycles. The summed E-state index contributed by atoms with van der Waals surface area (Å²) in [6.07, 6.45) is 7.94. The molecular formula is C35H32O4. The Morgan fingerprint density at radius 2 is 1.44 bits per heavy atom. The van der Waals surface area contributed by atoms with Crippen molar-refractivity contribution in [3.05, 3.63) is 107 Å². The predicted molar refractivity (Wildman–Crippen MR) is 152 cm³/mol. The van der Waals surface area contributed by atoms with Gasteiger partial charge in [-0.1, -0.05) is 66.7 Å². The van der Waals surface area contributed by atoms with Crippen LogP contribution >= 0.6 is 0 Å². The molecule has 8 rings (SSSR count). The van der Waals surface area contributed by atoms with Crippen molar-refractivity contribution in [2.24, 2.45) is 17.8 Å². The number of hydrogen-bond acceptors (Lipinski definition) is 3. The molecule has 4 saturated carbocycles. The number of aromatic carboxylic acids is 1. The van der Waals surface area contributed by atoms with E-state index in [1.807, 2.05) is 36.4 Å². The number of hydrogen-bond donors (Lipinski definition) is 1. The lowest BCUT2D eigenvalue weighted by Crippen LogP contribution is -2.48. The molecule has 0 radical (unpaired) electrons. The maximum Gasteiger partial charge on any atom is 0.339 e. The Labute approximate surface area is 228 Å². The quantitative estimate of drug-likeness (QED) is 0.264. The molecule has 4 aliphatic rings. The largest absolute Gasteiger partial charge is 0.478 e. The zero-order valence-electron chi connectivity index (χ0n) is 21.9. The highest BCUT2D eigenvalue weighted by Crippen LogP contribution is 2.61. The van der Waals surface area contributed by atoms with Crippen molar-refractivity contribution >= 4 is 22.7 Å². The van der Waals surface area contributed by atoms with E-state index < -0.39 is 5.97 Å². The first kappa shape index (κ1) is 24.1. The summed E-state index contributed by atoms with van der Waals surface area (Å²) in [5, 5.41) is 11.3. The Kier molecular flexibility index (Phi) is 5.80. The molecule has 39 heavy (non-hydrogen) atoms. The molecule has 0 spiro atoms. The minimum absolute atomic E-state index is 0.197. The van der Waals surface area contributed by atoms with Crippen LogP contribution in [0.25, 0.3) is 21.9 Å². The van der Waals surface area contributed by atoms with Crippen LogP contribution in [0.3, 0.4) is 0 Å². The molecule has 0 amide bonds. The Morgan fingerprint density at radius 3 is 2.08 bits per heavy atom. The van der Waals surface area contributed by atoms with Gasteiger partial charge in [0.1, 0.15) is 6.61 Å². The van der Waals surface area contributed by atoms with Gasteiger partial charge in [-0.15, -0.1) is 0 Å². The molecule has 0 unspecified atom stereocenters. The second kappa shape index (κ2) is 9.37. The van der Waals surface area contributed by atoms with Gasteiger partial charge in [-0.2, -0.15) is 0 Å². The molecule has 4 bridgehead atoms. The van der Waals surface area contributed by atoms with E-state index >= 15 is 0 Å². The topological polar surface area (TPSA) is 63.6 Å². The minimum Gasteiger partial charge on any atom is -0.478 e. The number of carboxylic acids is 1. The monoisotopic (exact) mass is 516 g/mol. The summed E-state index contributed by atoms with van der Waals surface area (Å²) < 4.78 is 5.90. The molecule has 4 fully saturated rings. The molecule has 0 saturated heterocycles. The molecule has 4 aliphatic carbocycles. The van der Waals surface area contributed by atoms with Gasteiger partial charge in [0, 0.05) is 0 Å². The molecule has 0 atom stereocenters. The van der Waals surface area contributed by atoms with Crippen molar-refractivity contribution in [2.75, 3.05) is 0 Å². The molecule has 1 N–H and O–H groups in total. The van der Waals surface area contributed by atoms with Gasteiger partial charge in [0.05, 0.1) is 11.1 Å². The third-order valence-electron chi connectivity index (χ3n) is 9.53. The molecule has 0 aliphatic heterocycles. The van der Waals surface area contributed by atoms with Crippen LogP contribution in [0, 0.1) is 17.8 Å². The highest BCUT2D eigenvalue weighted by Gasteiger charge is 2.51. The van der Waals surface area contributed by atoms with E-state index in [1.165, 1.54) is 44.1 Å². The lowest BCUT2D eigenvalue weighted by atomic mass is 9.48. The minimum atomic E-state index is -0.970. The predicted octanol–water partition coefficient (Wildman–Crippen LogP) is 8.03. The van der Waals surface area contributed by atoms with Crippen LogP contribution in [0.5, 0.6) is 0 Å². The second-order valence-corrected chi connectivity index (χ2v) is 12.1. The van der Waals surface area contributed by atoms with Gasteiger partial charge in [0.2, 0.25) is 0 Å². The fourth-order valence-electron chi connectivity index (χ4n) is 8.16. The first-order valence-electron chi connectivity index (χ1n) is 14.1. The molecule has 4 aromatic rings. The lowest BCUT2D eigenvalue weighted by Gasteiger charge is -2.57. The molecule has 0 aromatic heterocycles. The van der Waals surface area contributed by atoms with Gasteiger partial charge in [0.25, 0.3) is 0 Å². The number of esters is 1. The van der Waals surface area contributed by atoms with Crippen LogP contribution in [-0.4, -0.2) is 17.0 Å². The van der Waals surface area contributed by atoms with Crippen molar-refractivity contribution in [3.63, 3.8) is 0 Å². The Balaban J connectivity index is 1.34. The van der Waals surface area contributed by atoms with Gasteiger partial charge in [0.15, 0.2) is 0 Å². The van der Waals surface area contributed by atoms with Crippen LogP contribution in [0.15, 0.2) is 84.9 Å². The summed E-state index contributed by atoms with van der Waals surface area (Å²) in [5.74, 6) is 1.18. The summed E-state index contributed by atoms with van der Waals surface area (Å²) in [7, 11) is 0. The third-order valence-corrected chi connectivity index (χ3v) is 9.53. The lowest BCUT2D eigenvalue weighted by molar-refractivity contribution is -0.00514. The van der Waals surface area contributed by atoms with Gasteiger partial charge in [-0.25, -0.2) is 9.59 Å². The van der Waals surface area contributed by atoms with Crippen LogP contribution in [0.2, 0.25) is 0 Å². The van der Waals surface area contributed by atoms with E-state index in [0.29, 0.717) is 5.56 Å². The highest BCUT2D eigenvalue weighted by atomic mass is 16.5. The number of carbonyl (C=O) groups is 2. The van der Waals surface area contributed by atoms with Crippen molar-refractivity contribution in [2.45, 2.75) is 50.5 Å². The number of rotatable bonds is 6. The Bertz CT molecular complexity index is 1530. The number of fused-ring (bicyclic) bond motifs is 1. The van der Waals surface area contributed by atoms with Gasteiger partial charge in [-0.05, 0) is 113 Å². The molecule has 4 heteroatoms. The number of benzene rings is 4. The van der Waals surface area contributed by atoms with Gasteiger partial charge in [-0.3, -0.25) is 0 Å². The summed E-state index contributed by atoms with van der Waals surface area (Å²) in [4.78, 5) is 25.3. The van der Waals surface area contributed by atoms with Crippen LogP contribution in [0.1, 0.15) is 70.4 Å². The average Bonchev–Trinajstić information content (AvgIpc) is 2.95. The Morgan fingerprint density at radius 1 is 0.795 bits per heavy atom. The maximum atomic E-state index is 13.8. The zero-order valence-corrected chi connectivity index (χ0v) is 21.9. The summed E-state index contributed by atoms with van der Waals surface area (Å²) in [5.41, 5.74) is 4.86. The fraction of sp³-hybridized carbons (Fsp3) is 0.314. The first-order valence-corrected chi connectivity index (χ1v) is 14.1. The smallest absolute Gasteiger partial charge is 0.339 e. The van der Waals surface area contributed by atoms with E-state index in [2.05, 4.69) is 24.3 Å². The number of carboxylic acid groups (broad SMARTS) is 1. The van der Waals surface area contributed by atoms with E-state index in [-0.39, 0.29) is 23.6 Å². The highest BCUT2D eigenvalue weighted by molar-refractivity contribution is 6.10. The first-order chi connectivity index (χ1) is 19.0. The van der Waals surface area contributed by atoms with Crippen molar-refractivity contribution in [1.82, 2.24) is 0 Å². The van der Waals surface area contributed by atoms with Crippen molar-refractivity contribution < 1.29 is 19.4 Å². The maximum absolute atomic E-state index is 13.8. The summed E-state index contributed by atoms with van der Waals surface area (Å²) in [6, 6.07) is 27.2. The molecular weight excluding hydrogens is 484 g/mol. The van der Waals surface area contributed by atoms with E-state index in [9.17, 15) is 14.7 Å². The van der Waals surface area contributed by atoms with Gasteiger partial charge < -0.3 is 9.84 Å². The number of ether oxygens (including phenoxy) is 1. The zero-order chi connectivity index (χ0) is 26.6. The van der Waals surface area contributed by atoms with Crippen LogP contribution in [0.4, 0.5) is 0 Å². The Hall–Kier alpha value is -3.92. The normalized spacial score (nSPS) is 25.1. The standard InChI is InChI=1S/C35H32O4/c36-33(37)28-8-6-26(7-9-28)30-13-11-27-10-12-29(35-18-23-14-24(19-35)16-25(15-23)20-35)17-31(27)32(30)34(38)39-21-22-4-2-1-3-5-22/h1-13,17,23-25H,14-16,18-21H2,(H,36,37). The second-order valence-electron chi connectivity index (χ2n) is 12.1. The molecule has 4 nitrogen and oxygen atoms in total. The average molecular weight is 517 g/mol. The van der Waals surface area contributed by atoms with E-state index in [4.69, 9.17) is 4.74 Å². The number of carbonyl (C=O) groups excluding carboxylic acids is 1. The van der Waals surface area contributed by atoms with Crippen LogP contribution in [-0.2, 0) is 16.8 Å². The van der Waals surface area contributed by atoms with Crippen molar-refractivity contribution in [3.8, 4) is 11.1 Å². The third kappa shape index (κ3) is 4.32. The summed E-state index contributed by atoms with van der Waals surface area (Å²) >= 11 is 0. The van der Waals surface area contributed by atoms with Gasteiger partial charge >= 0.3 is 11.9 Å². The SMILES string of the molecule is O=C(O)c1ccc(-c2ccc3ccc(C45CC6CC(CC(C6)C4)C5)cc3c2C(=O)OCc2ccccc2)cc1. The van der Waals surface area contributed by atoms with Crippen molar-refractivity contribution in [1.29, 1.82) is 0 Å². The van der Waals surface area contributed by atoms with E-state index in [0.717, 1.165) is 45.2 Å². The summed E-state index contributed by atoms with van der Waals surface area (Å²) in [6.45, 7) is 0.197. The molecule has 0 heterocycles. The van der Waals surface area contributed by atoms with Crippen LogP contribution < -0.4 is 0 Å². The molecule has 196 valence electrons. The fourth-order valence-corrected chi connectivity index (χ4v) is 8.16. The van der Waals surface area contributed by atoms with E-state index in [1.54, 1.807) is 24.3 Å².